The van der Waals surface area contributed by atoms with Crippen molar-refractivity contribution in [1.82, 2.24) is 9.80 Å². The molecule has 1 unspecified atom stereocenters. The summed E-state index contributed by atoms with van der Waals surface area (Å²) in [6.45, 7) is 6.92. The van der Waals surface area contributed by atoms with E-state index in [0.717, 1.165) is 0 Å². The van der Waals surface area contributed by atoms with Gasteiger partial charge in [0.1, 0.15) is 6.17 Å². The van der Waals surface area contributed by atoms with Crippen LogP contribution in [0.4, 0.5) is 0 Å². The highest BCUT2D eigenvalue weighted by atomic mass is 15.4. The van der Waals surface area contributed by atoms with Gasteiger partial charge in [-0.2, -0.15) is 0 Å². The van der Waals surface area contributed by atoms with Gasteiger partial charge in [-0.3, -0.25) is 0 Å². The minimum Gasteiger partial charge on any atom is -0.352 e. The molecular weight excluding hydrogens is 316 g/mol. The van der Waals surface area contributed by atoms with Crippen LogP contribution in [0.25, 0.3) is 0 Å². The molecular formula is C24H40N2. The van der Waals surface area contributed by atoms with Crippen LogP contribution >= 0.6 is 0 Å². The summed E-state index contributed by atoms with van der Waals surface area (Å²) in [4.78, 5) is 5.10. The van der Waals surface area contributed by atoms with Crippen molar-refractivity contribution in [1.29, 1.82) is 0 Å². The van der Waals surface area contributed by atoms with Gasteiger partial charge in [0.25, 0.3) is 0 Å². The highest BCUT2D eigenvalue weighted by Crippen LogP contribution is 2.31. The quantitative estimate of drug-likeness (QED) is 0.328. The van der Waals surface area contributed by atoms with Crippen LogP contribution < -0.4 is 0 Å². The summed E-state index contributed by atoms with van der Waals surface area (Å²) in [5.41, 5.74) is 1.43. The Hall–Kier alpha value is -1.44. The molecule has 0 aromatic heterocycles. The number of hydrogen-bond acceptors (Lipinski definition) is 2. The van der Waals surface area contributed by atoms with E-state index in [4.69, 9.17) is 0 Å². The Balaban J connectivity index is 1.81. The van der Waals surface area contributed by atoms with Crippen molar-refractivity contribution < 1.29 is 0 Å². The van der Waals surface area contributed by atoms with Gasteiger partial charge in [0.05, 0.1) is 0 Å². The second kappa shape index (κ2) is 12.8. The van der Waals surface area contributed by atoms with E-state index in [9.17, 15) is 0 Å². The normalized spacial score (nSPS) is 16.6. The molecule has 2 rings (SSSR count). The van der Waals surface area contributed by atoms with Crippen LogP contribution in [-0.2, 0) is 0 Å². The number of nitrogens with zero attached hydrogens (tertiary/aromatic N) is 2. The molecule has 0 radical (unpaired) electrons. The van der Waals surface area contributed by atoms with E-state index in [2.05, 4.69) is 66.4 Å². The van der Waals surface area contributed by atoms with Crippen LogP contribution in [0, 0.1) is 0 Å². The maximum Gasteiger partial charge on any atom is 0.127 e. The Morgan fingerprint density at radius 3 is 1.62 bits per heavy atom. The smallest absolute Gasteiger partial charge is 0.127 e. The van der Waals surface area contributed by atoms with E-state index < -0.39 is 0 Å². The molecule has 0 spiro atoms. The van der Waals surface area contributed by atoms with Crippen molar-refractivity contribution in [2.24, 2.45) is 0 Å². The zero-order valence-corrected chi connectivity index (χ0v) is 17.2. The van der Waals surface area contributed by atoms with Crippen LogP contribution in [0.5, 0.6) is 0 Å². The Morgan fingerprint density at radius 1 is 0.615 bits per heavy atom. The van der Waals surface area contributed by atoms with Crippen LogP contribution in [0.2, 0.25) is 0 Å². The van der Waals surface area contributed by atoms with Gasteiger partial charge in [-0.05, 0) is 18.4 Å². The molecule has 0 aliphatic carbocycles. The molecule has 0 bridgehead atoms. The second-order valence-electron chi connectivity index (χ2n) is 7.74. The maximum absolute atomic E-state index is 2.56. The molecule has 1 aromatic rings. The molecule has 2 heteroatoms. The first kappa shape index (κ1) is 20.9. The molecule has 0 fully saturated rings. The molecule has 146 valence electrons. The van der Waals surface area contributed by atoms with Crippen molar-refractivity contribution in [2.45, 2.75) is 90.6 Å². The first-order valence-corrected chi connectivity index (χ1v) is 11.1. The van der Waals surface area contributed by atoms with Crippen molar-refractivity contribution in [3.05, 3.63) is 48.3 Å². The molecule has 1 atom stereocenters. The summed E-state index contributed by atoms with van der Waals surface area (Å²) in [6, 6.07) is 11.0. The lowest BCUT2D eigenvalue weighted by molar-refractivity contribution is 0.150. The topological polar surface area (TPSA) is 6.48 Å². The van der Waals surface area contributed by atoms with Crippen LogP contribution in [0.1, 0.15) is 96.2 Å². The molecule has 26 heavy (non-hydrogen) atoms. The maximum atomic E-state index is 2.56. The van der Waals surface area contributed by atoms with Gasteiger partial charge < -0.3 is 9.80 Å². The lowest BCUT2D eigenvalue weighted by atomic mass is 10.1. The molecule has 2 nitrogen and oxygen atoms in total. The zero-order chi connectivity index (χ0) is 18.5. The minimum absolute atomic E-state index is 0.401. The summed E-state index contributed by atoms with van der Waals surface area (Å²) < 4.78 is 0. The van der Waals surface area contributed by atoms with Crippen molar-refractivity contribution in [3.8, 4) is 0 Å². The monoisotopic (exact) mass is 356 g/mol. The van der Waals surface area contributed by atoms with Gasteiger partial charge in [0.15, 0.2) is 0 Å². The molecule has 0 saturated heterocycles. The second-order valence-corrected chi connectivity index (χ2v) is 7.74. The average molecular weight is 357 g/mol. The van der Waals surface area contributed by atoms with E-state index in [1.807, 2.05) is 0 Å². The van der Waals surface area contributed by atoms with Gasteiger partial charge in [-0.15, -0.1) is 0 Å². The van der Waals surface area contributed by atoms with Crippen LogP contribution in [0.3, 0.4) is 0 Å². The molecule has 1 aliphatic heterocycles. The molecule has 0 N–H and O–H groups in total. The van der Waals surface area contributed by atoms with E-state index in [1.54, 1.807) is 0 Å². The fraction of sp³-hybridized carbons (Fsp3) is 0.667. The van der Waals surface area contributed by atoms with E-state index in [0.29, 0.717) is 6.17 Å². The third-order valence-corrected chi connectivity index (χ3v) is 5.47. The van der Waals surface area contributed by atoms with Crippen LogP contribution in [-0.4, -0.2) is 22.9 Å². The van der Waals surface area contributed by atoms with E-state index >= 15 is 0 Å². The largest absolute Gasteiger partial charge is 0.352 e. The number of hydrogen-bond donors (Lipinski definition) is 0. The summed E-state index contributed by atoms with van der Waals surface area (Å²) in [5.74, 6) is 0. The van der Waals surface area contributed by atoms with Gasteiger partial charge in [0, 0.05) is 25.5 Å². The highest BCUT2D eigenvalue weighted by Gasteiger charge is 2.26. The third-order valence-electron chi connectivity index (χ3n) is 5.47. The minimum atomic E-state index is 0.401. The molecule has 1 aromatic carbocycles. The third kappa shape index (κ3) is 7.05. The van der Waals surface area contributed by atoms with Gasteiger partial charge in [-0.25, -0.2) is 0 Å². The fourth-order valence-electron chi connectivity index (χ4n) is 3.90. The summed E-state index contributed by atoms with van der Waals surface area (Å²) in [6.07, 6.45) is 20.0. The Morgan fingerprint density at radius 2 is 1.08 bits per heavy atom. The highest BCUT2D eigenvalue weighted by molar-refractivity contribution is 5.21. The Bertz CT molecular complexity index is 482. The summed E-state index contributed by atoms with van der Waals surface area (Å²) in [5, 5.41) is 0. The van der Waals surface area contributed by atoms with Gasteiger partial charge in [0.2, 0.25) is 0 Å². The Labute approximate surface area is 162 Å². The first-order chi connectivity index (χ1) is 12.9. The van der Waals surface area contributed by atoms with Crippen molar-refractivity contribution >= 4 is 0 Å². The predicted molar refractivity (Wildman–Crippen MR) is 114 cm³/mol. The van der Waals surface area contributed by atoms with Gasteiger partial charge in [-0.1, -0.05) is 102 Å². The molecule has 0 saturated carbocycles. The van der Waals surface area contributed by atoms with Crippen molar-refractivity contribution in [2.75, 3.05) is 13.1 Å². The average Bonchev–Trinajstić information content (AvgIpc) is 3.08. The standard InChI is InChI=1S/C24H40N2/c1-3-5-7-9-10-11-16-20-26-22-21-25(19-15-8-6-4-2)24(26)23-17-13-12-14-18-23/h12-14,17-18,21-22,24H,3-11,15-16,19-20H2,1-2H3. The summed E-state index contributed by atoms with van der Waals surface area (Å²) >= 11 is 0. The van der Waals surface area contributed by atoms with Crippen LogP contribution in [0.15, 0.2) is 42.7 Å². The SMILES string of the molecule is CCCCCCCCCN1C=CN(CCCCCC)C1c1ccccc1. The predicted octanol–water partition coefficient (Wildman–Crippen LogP) is 7.10. The zero-order valence-electron chi connectivity index (χ0n) is 17.2. The summed E-state index contributed by atoms with van der Waals surface area (Å²) in [7, 11) is 0. The lowest BCUT2D eigenvalue weighted by Gasteiger charge is -2.33. The van der Waals surface area contributed by atoms with E-state index in [1.165, 1.54) is 89.3 Å². The van der Waals surface area contributed by atoms with E-state index in [-0.39, 0.29) is 0 Å². The first-order valence-electron chi connectivity index (χ1n) is 11.1. The number of rotatable bonds is 14. The number of unbranched alkanes of at least 4 members (excludes halogenated alkanes) is 9. The molecule has 1 aliphatic rings. The van der Waals surface area contributed by atoms with Gasteiger partial charge >= 0.3 is 0 Å². The van der Waals surface area contributed by atoms with Crippen molar-refractivity contribution in [3.63, 3.8) is 0 Å². The number of benzene rings is 1. The Kier molecular flexibility index (Phi) is 10.3. The molecule has 0 amide bonds. The molecule has 1 heterocycles. The fourth-order valence-corrected chi connectivity index (χ4v) is 3.90. The lowest BCUT2D eigenvalue weighted by Crippen LogP contribution is -2.32.